The van der Waals surface area contributed by atoms with Crippen LogP contribution in [0.5, 0.6) is 0 Å². The lowest BCUT2D eigenvalue weighted by Gasteiger charge is -2.15. The van der Waals surface area contributed by atoms with Crippen LogP contribution < -0.4 is 5.32 Å². The minimum absolute atomic E-state index is 0.316. The Morgan fingerprint density at radius 3 is 2.83 bits per heavy atom. The summed E-state index contributed by atoms with van der Waals surface area (Å²) < 4.78 is 0. The first-order chi connectivity index (χ1) is 5.90. The van der Waals surface area contributed by atoms with Gasteiger partial charge in [-0.25, -0.2) is 0 Å². The standard InChI is InChI=1S/C10H17NO/c12-4-3-11-7-10-6-8-1-2-9(10)5-8/h1-2,8-12H,3-7H2/p+1/t8-,9+,10-/m0/s1. The molecule has 0 aromatic carbocycles. The molecule has 2 aliphatic rings. The number of nitrogens with two attached hydrogens (primary N) is 1. The number of hydrogen-bond acceptors (Lipinski definition) is 1. The predicted octanol–water partition coefficient (Wildman–Crippen LogP) is -0.246. The third-order valence-corrected chi connectivity index (χ3v) is 3.22. The molecule has 0 aliphatic heterocycles. The fraction of sp³-hybridized carbons (Fsp3) is 0.800. The van der Waals surface area contributed by atoms with Crippen LogP contribution in [0.4, 0.5) is 0 Å². The van der Waals surface area contributed by atoms with Crippen LogP contribution in [0.25, 0.3) is 0 Å². The summed E-state index contributed by atoms with van der Waals surface area (Å²) in [6.07, 6.45) is 7.57. The highest BCUT2D eigenvalue weighted by Crippen LogP contribution is 2.42. The fourth-order valence-corrected chi connectivity index (χ4v) is 2.59. The average Bonchev–Trinajstić information content (AvgIpc) is 2.65. The van der Waals surface area contributed by atoms with Crippen LogP contribution in [-0.2, 0) is 0 Å². The molecule has 0 radical (unpaired) electrons. The molecule has 3 N–H and O–H groups in total. The number of aliphatic hydroxyl groups excluding tert-OH is 1. The Morgan fingerprint density at radius 1 is 1.33 bits per heavy atom. The van der Waals surface area contributed by atoms with Gasteiger partial charge >= 0.3 is 0 Å². The van der Waals surface area contributed by atoms with Crippen LogP contribution in [0.3, 0.4) is 0 Å². The molecule has 12 heavy (non-hydrogen) atoms. The van der Waals surface area contributed by atoms with E-state index in [0.29, 0.717) is 6.61 Å². The molecule has 0 saturated heterocycles. The van der Waals surface area contributed by atoms with Gasteiger partial charge in [-0.3, -0.25) is 0 Å². The lowest BCUT2D eigenvalue weighted by atomic mass is 9.94. The molecular formula is C10H18NO+. The van der Waals surface area contributed by atoms with Crippen molar-refractivity contribution < 1.29 is 10.4 Å². The summed E-state index contributed by atoms with van der Waals surface area (Å²) in [7, 11) is 0. The predicted molar refractivity (Wildman–Crippen MR) is 47.6 cm³/mol. The second-order valence-corrected chi connectivity index (χ2v) is 4.08. The summed E-state index contributed by atoms with van der Waals surface area (Å²) in [5.41, 5.74) is 0. The quantitative estimate of drug-likeness (QED) is 0.441. The molecular weight excluding hydrogens is 150 g/mol. The maximum atomic E-state index is 8.63. The van der Waals surface area contributed by atoms with Crippen molar-refractivity contribution in [3.63, 3.8) is 0 Å². The van der Waals surface area contributed by atoms with Gasteiger partial charge < -0.3 is 10.4 Å². The SMILES string of the molecule is OCC[NH2+]C[C@@H]1C[C@H]2C=C[C@@H]1C2. The molecule has 68 valence electrons. The van der Waals surface area contributed by atoms with Gasteiger partial charge in [-0.15, -0.1) is 0 Å². The van der Waals surface area contributed by atoms with Gasteiger partial charge in [0.15, 0.2) is 0 Å². The molecule has 0 heterocycles. The van der Waals surface area contributed by atoms with E-state index < -0.39 is 0 Å². The molecule has 2 bridgehead atoms. The molecule has 3 atom stereocenters. The topological polar surface area (TPSA) is 36.8 Å². The summed E-state index contributed by atoms with van der Waals surface area (Å²) in [4.78, 5) is 0. The van der Waals surface area contributed by atoms with Crippen molar-refractivity contribution in [3.8, 4) is 0 Å². The molecule has 0 spiro atoms. The van der Waals surface area contributed by atoms with Crippen LogP contribution in [0.15, 0.2) is 12.2 Å². The van der Waals surface area contributed by atoms with E-state index >= 15 is 0 Å². The lowest BCUT2D eigenvalue weighted by Crippen LogP contribution is -2.86. The average molecular weight is 168 g/mol. The van der Waals surface area contributed by atoms with Crippen LogP contribution in [0, 0.1) is 17.8 Å². The Morgan fingerprint density at radius 2 is 2.25 bits per heavy atom. The van der Waals surface area contributed by atoms with E-state index in [1.54, 1.807) is 0 Å². The summed E-state index contributed by atoms with van der Waals surface area (Å²) in [5, 5.41) is 10.9. The van der Waals surface area contributed by atoms with Crippen molar-refractivity contribution in [3.05, 3.63) is 12.2 Å². The normalized spacial score (nSPS) is 37.9. The summed E-state index contributed by atoms with van der Waals surface area (Å²) >= 11 is 0. The highest BCUT2D eigenvalue weighted by atomic mass is 16.3. The molecule has 2 nitrogen and oxygen atoms in total. The monoisotopic (exact) mass is 168 g/mol. The van der Waals surface area contributed by atoms with Crippen LogP contribution in [0.2, 0.25) is 0 Å². The molecule has 0 amide bonds. The van der Waals surface area contributed by atoms with Gasteiger partial charge in [0.2, 0.25) is 0 Å². The third-order valence-electron chi connectivity index (χ3n) is 3.22. The van der Waals surface area contributed by atoms with E-state index in [-0.39, 0.29) is 0 Å². The number of fused-ring (bicyclic) bond motifs is 2. The number of aliphatic hydroxyl groups is 1. The van der Waals surface area contributed by atoms with E-state index in [4.69, 9.17) is 5.11 Å². The highest BCUT2D eigenvalue weighted by Gasteiger charge is 2.36. The maximum Gasteiger partial charge on any atom is 0.0990 e. The van der Waals surface area contributed by atoms with Gasteiger partial charge in [-0.1, -0.05) is 12.2 Å². The molecule has 0 aromatic heterocycles. The number of hydrogen-bond donors (Lipinski definition) is 2. The van der Waals surface area contributed by atoms with Crippen LogP contribution in [0.1, 0.15) is 12.8 Å². The van der Waals surface area contributed by atoms with Gasteiger partial charge in [0.05, 0.1) is 19.7 Å². The van der Waals surface area contributed by atoms with Crippen molar-refractivity contribution in [2.45, 2.75) is 12.8 Å². The largest absolute Gasteiger partial charge is 0.391 e. The first-order valence-electron chi connectivity index (χ1n) is 5.01. The van der Waals surface area contributed by atoms with Gasteiger partial charge in [0.25, 0.3) is 0 Å². The van der Waals surface area contributed by atoms with E-state index in [1.165, 1.54) is 19.4 Å². The van der Waals surface area contributed by atoms with Gasteiger partial charge in [0.1, 0.15) is 0 Å². The zero-order valence-electron chi connectivity index (χ0n) is 7.45. The highest BCUT2D eigenvalue weighted by molar-refractivity contribution is 5.09. The van der Waals surface area contributed by atoms with Gasteiger partial charge in [0, 0.05) is 5.92 Å². The Labute approximate surface area is 73.7 Å². The maximum absolute atomic E-state index is 8.63. The second-order valence-electron chi connectivity index (χ2n) is 4.08. The molecule has 0 aromatic rings. The Balaban J connectivity index is 1.73. The summed E-state index contributed by atoms with van der Waals surface area (Å²) in [5.74, 6) is 2.65. The van der Waals surface area contributed by atoms with E-state index in [9.17, 15) is 0 Å². The van der Waals surface area contributed by atoms with Crippen molar-refractivity contribution >= 4 is 0 Å². The Kier molecular flexibility index (Phi) is 2.47. The van der Waals surface area contributed by atoms with Crippen molar-refractivity contribution in [1.29, 1.82) is 0 Å². The number of allylic oxidation sites excluding steroid dienone is 2. The summed E-state index contributed by atoms with van der Waals surface area (Å²) in [6.45, 7) is 2.40. The molecule has 1 fully saturated rings. The smallest absolute Gasteiger partial charge is 0.0990 e. The Bertz CT molecular complexity index is 179. The minimum atomic E-state index is 0.316. The second kappa shape index (κ2) is 3.58. The van der Waals surface area contributed by atoms with E-state index in [2.05, 4.69) is 17.5 Å². The van der Waals surface area contributed by atoms with E-state index in [1.807, 2.05) is 0 Å². The molecule has 2 aliphatic carbocycles. The Hall–Kier alpha value is -0.340. The molecule has 0 unspecified atom stereocenters. The van der Waals surface area contributed by atoms with Crippen molar-refractivity contribution in [2.24, 2.45) is 17.8 Å². The number of rotatable bonds is 4. The molecule has 2 rings (SSSR count). The van der Waals surface area contributed by atoms with Crippen molar-refractivity contribution in [1.82, 2.24) is 0 Å². The van der Waals surface area contributed by atoms with E-state index in [0.717, 1.165) is 24.3 Å². The first kappa shape index (κ1) is 8.27. The van der Waals surface area contributed by atoms with Crippen molar-refractivity contribution in [2.75, 3.05) is 19.7 Å². The zero-order chi connectivity index (χ0) is 8.39. The fourth-order valence-electron chi connectivity index (χ4n) is 2.59. The lowest BCUT2D eigenvalue weighted by molar-refractivity contribution is -0.662. The summed E-state index contributed by atoms with van der Waals surface area (Å²) in [6, 6.07) is 0. The van der Waals surface area contributed by atoms with Crippen LogP contribution >= 0.6 is 0 Å². The number of quaternary nitrogens is 1. The zero-order valence-corrected chi connectivity index (χ0v) is 7.45. The van der Waals surface area contributed by atoms with Gasteiger partial charge in [-0.05, 0) is 24.7 Å². The molecule has 2 heteroatoms. The van der Waals surface area contributed by atoms with Gasteiger partial charge in [-0.2, -0.15) is 0 Å². The first-order valence-corrected chi connectivity index (χ1v) is 5.01. The minimum Gasteiger partial charge on any atom is -0.391 e. The third kappa shape index (κ3) is 1.54. The molecule has 1 saturated carbocycles. The van der Waals surface area contributed by atoms with Crippen LogP contribution in [-0.4, -0.2) is 24.8 Å².